The molecule has 86 valence electrons. The Bertz CT molecular complexity index is 467. The van der Waals surface area contributed by atoms with Crippen LogP contribution < -0.4 is 0 Å². The van der Waals surface area contributed by atoms with Crippen LogP contribution in [0, 0.1) is 0 Å². The lowest BCUT2D eigenvalue weighted by molar-refractivity contribution is 0.0875. The molecule has 1 aromatic heterocycles. The highest BCUT2D eigenvalue weighted by Gasteiger charge is 2.03. The van der Waals surface area contributed by atoms with E-state index in [1.807, 2.05) is 30.5 Å². The summed E-state index contributed by atoms with van der Waals surface area (Å²) in [6.07, 6.45) is 2.00. The van der Waals surface area contributed by atoms with E-state index in [4.69, 9.17) is 21.4 Å². The Kier molecular flexibility index (Phi) is 3.83. The van der Waals surface area contributed by atoms with Crippen molar-refractivity contribution in [3.8, 4) is 0 Å². The Labute approximate surface area is 99.2 Å². The van der Waals surface area contributed by atoms with Crippen LogP contribution in [0.5, 0.6) is 0 Å². The quantitative estimate of drug-likeness (QED) is 0.813. The number of nitrogens with zero attached hydrogens (tertiary/aromatic N) is 1. The number of halogens is 1. The molecule has 0 aliphatic rings. The van der Waals surface area contributed by atoms with Crippen molar-refractivity contribution in [2.45, 2.75) is 6.54 Å². The second-order valence-electron chi connectivity index (χ2n) is 3.52. The van der Waals surface area contributed by atoms with Crippen LogP contribution >= 0.6 is 11.6 Å². The number of aliphatic hydroxyl groups is 1. The van der Waals surface area contributed by atoms with Gasteiger partial charge in [0.05, 0.1) is 19.8 Å². The fourth-order valence-corrected chi connectivity index (χ4v) is 1.94. The van der Waals surface area contributed by atoms with Gasteiger partial charge in [0.2, 0.25) is 0 Å². The molecule has 0 unspecified atom stereocenters. The van der Waals surface area contributed by atoms with E-state index in [2.05, 4.69) is 4.57 Å². The Balaban J connectivity index is 2.10. The van der Waals surface area contributed by atoms with Crippen LogP contribution in [-0.2, 0) is 11.3 Å². The van der Waals surface area contributed by atoms with Gasteiger partial charge in [0.15, 0.2) is 0 Å². The minimum absolute atomic E-state index is 0.0677. The summed E-state index contributed by atoms with van der Waals surface area (Å²) in [5.41, 5.74) is 1.11. The van der Waals surface area contributed by atoms with Crippen molar-refractivity contribution < 1.29 is 9.84 Å². The van der Waals surface area contributed by atoms with Crippen LogP contribution in [0.2, 0.25) is 5.02 Å². The van der Waals surface area contributed by atoms with Crippen molar-refractivity contribution in [3.63, 3.8) is 0 Å². The first-order valence-electron chi connectivity index (χ1n) is 5.25. The molecule has 0 aliphatic carbocycles. The second-order valence-corrected chi connectivity index (χ2v) is 3.92. The molecule has 0 fully saturated rings. The number of benzene rings is 1. The number of fused-ring (bicyclic) bond motifs is 1. The molecule has 0 bridgehead atoms. The smallest absolute Gasteiger partial charge is 0.0698 e. The van der Waals surface area contributed by atoms with Crippen molar-refractivity contribution >= 4 is 22.5 Å². The fourth-order valence-electron chi connectivity index (χ4n) is 1.71. The molecule has 3 nitrogen and oxygen atoms in total. The molecule has 1 aromatic carbocycles. The zero-order chi connectivity index (χ0) is 11.4. The molecule has 0 aliphatic heterocycles. The van der Waals surface area contributed by atoms with Gasteiger partial charge in [-0.25, -0.2) is 0 Å². The number of hydrogen-bond donors (Lipinski definition) is 1. The van der Waals surface area contributed by atoms with Crippen LogP contribution in [-0.4, -0.2) is 29.5 Å². The number of hydrogen-bond acceptors (Lipinski definition) is 2. The third-order valence-corrected chi connectivity index (χ3v) is 2.80. The first-order chi connectivity index (χ1) is 7.83. The van der Waals surface area contributed by atoms with Crippen molar-refractivity contribution in [2.75, 3.05) is 19.8 Å². The molecule has 0 saturated carbocycles. The van der Waals surface area contributed by atoms with Crippen LogP contribution in [0.15, 0.2) is 30.5 Å². The summed E-state index contributed by atoms with van der Waals surface area (Å²) in [5.74, 6) is 0. The van der Waals surface area contributed by atoms with Crippen LogP contribution in [0.25, 0.3) is 10.9 Å². The van der Waals surface area contributed by atoms with Crippen molar-refractivity contribution in [1.29, 1.82) is 0 Å². The molecule has 0 spiro atoms. The van der Waals surface area contributed by atoms with Gasteiger partial charge < -0.3 is 14.4 Å². The van der Waals surface area contributed by atoms with E-state index < -0.39 is 0 Å². The predicted molar refractivity (Wildman–Crippen MR) is 64.9 cm³/mol. The van der Waals surface area contributed by atoms with E-state index in [0.29, 0.717) is 13.2 Å². The van der Waals surface area contributed by atoms with E-state index in [1.54, 1.807) is 0 Å². The van der Waals surface area contributed by atoms with Gasteiger partial charge in [-0.15, -0.1) is 0 Å². The van der Waals surface area contributed by atoms with E-state index >= 15 is 0 Å². The summed E-state index contributed by atoms with van der Waals surface area (Å²) >= 11 is 6.08. The van der Waals surface area contributed by atoms with E-state index in [0.717, 1.165) is 22.5 Å². The van der Waals surface area contributed by atoms with E-state index in [-0.39, 0.29) is 6.61 Å². The highest BCUT2D eigenvalue weighted by atomic mass is 35.5. The Morgan fingerprint density at radius 3 is 2.94 bits per heavy atom. The van der Waals surface area contributed by atoms with Gasteiger partial charge in [-0.3, -0.25) is 0 Å². The molecule has 0 atom stereocenters. The van der Waals surface area contributed by atoms with Gasteiger partial charge in [0, 0.05) is 28.7 Å². The van der Waals surface area contributed by atoms with Crippen LogP contribution in [0.4, 0.5) is 0 Å². The van der Waals surface area contributed by atoms with Gasteiger partial charge >= 0.3 is 0 Å². The van der Waals surface area contributed by atoms with Gasteiger partial charge in [0.25, 0.3) is 0 Å². The highest BCUT2D eigenvalue weighted by molar-refractivity contribution is 6.35. The van der Waals surface area contributed by atoms with Crippen molar-refractivity contribution in [1.82, 2.24) is 4.57 Å². The topological polar surface area (TPSA) is 34.4 Å². The maximum absolute atomic E-state index is 8.58. The van der Waals surface area contributed by atoms with Gasteiger partial charge in [0.1, 0.15) is 0 Å². The number of aromatic nitrogens is 1. The molecular formula is C12H14ClNO2. The predicted octanol–water partition coefficient (Wildman–Crippen LogP) is 2.30. The van der Waals surface area contributed by atoms with Gasteiger partial charge in [-0.2, -0.15) is 0 Å². The van der Waals surface area contributed by atoms with E-state index in [1.165, 1.54) is 0 Å². The lowest BCUT2D eigenvalue weighted by Crippen LogP contribution is -2.07. The highest BCUT2D eigenvalue weighted by Crippen LogP contribution is 2.23. The van der Waals surface area contributed by atoms with Gasteiger partial charge in [-0.1, -0.05) is 17.7 Å². The molecule has 0 saturated heterocycles. The molecule has 0 radical (unpaired) electrons. The lowest BCUT2D eigenvalue weighted by Gasteiger charge is -2.06. The zero-order valence-electron chi connectivity index (χ0n) is 8.90. The molecule has 2 aromatic rings. The van der Waals surface area contributed by atoms with Crippen molar-refractivity contribution in [3.05, 3.63) is 35.5 Å². The summed E-state index contributed by atoms with van der Waals surface area (Å²) < 4.78 is 7.33. The summed E-state index contributed by atoms with van der Waals surface area (Å²) in [6.45, 7) is 1.82. The molecule has 1 heterocycles. The molecule has 4 heteroatoms. The standard InChI is InChI=1S/C12H14ClNO2/c13-11-2-1-3-12-10(11)4-5-14(12)6-8-16-9-7-15/h1-5,15H,6-9H2. The summed E-state index contributed by atoms with van der Waals surface area (Å²) in [5, 5.41) is 10.4. The third-order valence-electron chi connectivity index (χ3n) is 2.47. The van der Waals surface area contributed by atoms with Crippen molar-refractivity contribution in [2.24, 2.45) is 0 Å². The first-order valence-corrected chi connectivity index (χ1v) is 5.62. The molecular weight excluding hydrogens is 226 g/mol. The fraction of sp³-hybridized carbons (Fsp3) is 0.333. The lowest BCUT2D eigenvalue weighted by atomic mass is 10.2. The average Bonchev–Trinajstić information content (AvgIpc) is 2.70. The molecule has 2 rings (SSSR count). The third kappa shape index (κ3) is 2.38. The summed E-state index contributed by atoms with van der Waals surface area (Å²) in [4.78, 5) is 0. The minimum atomic E-state index is 0.0677. The normalized spacial score (nSPS) is 11.1. The maximum atomic E-state index is 8.58. The molecule has 16 heavy (non-hydrogen) atoms. The Morgan fingerprint density at radius 1 is 1.25 bits per heavy atom. The molecule has 1 N–H and O–H groups in total. The van der Waals surface area contributed by atoms with E-state index in [9.17, 15) is 0 Å². The number of ether oxygens (including phenoxy) is 1. The van der Waals surface area contributed by atoms with Gasteiger partial charge in [-0.05, 0) is 18.2 Å². The Hall–Kier alpha value is -1.03. The average molecular weight is 240 g/mol. The summed E-state index contributed by atoms with van der Waals surface area (Å²) in [6, 6.07) is 7.86. The number of aliphatic hydroxyl groups excluding tert-OH is 1. The second kappa shape index (κ2) is 5.34. The first kappa shape index (κ1) is 11.5. The number of rotatable bonds is 5. The largest absolute Gasteiger partial charge is 0.394 e. The van der Waals surface area contributed by atoms with Crippen LogP contribution in [0.1, 0.15) is 0 Å². The summed E-state index contributed by atoms with van der Waals surface area (Å²) in [7, 11) is 0. The maximum Gasteiger partial charge on any atom is 0.0698 e. The minimum Gasteiger partial charge on any atom is -0.394 e. The molecule has 0 amide bonds. The zero-order valence-corrected chi connectivity index (χ0v) is 9.65. The SMILES string of the molecule is OCCOCCn1ccc2c(Cl)cccc21. The van der Waals surface area contributed by atoms with Crippen LogP contribution in [0.3, 0.4) is 0 Å². The Morgan fingerprint density at radius 2 is 2.12 bits per heavy atom. The monoisotopic (exact) mass is 239 g/mol.